The summed E-state index contributed by atoms with van der Waals surface area (Å²) in [5.74, 6) is -0.448. The van der Waals surface area contributed by atoms with E-state index in [1.165, 1.54) is 6.07 Å². The van der Waals surface area contributed by atoms with E-state index < -0.39 is 11.6 Å². The summed E-state index contributed by atoms with van der Waals surface area (Å²) in [4.78, 5) is 29.1. The molecule has 2 N–H and O–H groups in total. The molecular weight excluding hydrogens is 536 g/mol. The van der Waals surface area contributed by atoms with Crippen LogP contribution in [0.5, 0.6) is 0 Å². The molecule has 2 aliphatic rings. The van der Waals surface area contributed by atoms with Gasteiger partial charge in [0.25, 0.3) is 5.91 Å². The zero-order valence-corrected chi connectivity index (χ0v) is 22.7. The van der Waals surface area contributed by atoms with Crippen LogP contribution >= 0.6 is 11.6 Å². The van der Waals surface area contributed by atoms with Crippen molar-refractivity contribution < 1.29 is 13.6 Å². The van der Waals surface area contributed by atoms with E-state index in [9.17, 15) is 13.6 Å². The molecule has 2 saturated heterocycles. The van der Waals surface area contributed by atoms with Gasteiger partial charge in [0.2, 0.25) is 5.95 Å². The van der Waals surface area contributed by atoms with Crippen LogP contribution in [0.1, 0.15) is 41.6 Å². The van der Waals surface area contributed by atoms with Gasteiger partial charge in [0.15, 0.2) is 17.3 Å². The molecule has 2 fully saturated rings. The standard InChI is InChI=1S/C29H30ClF2N7O/c30-22-7-6-20(28(40)38-10-1-2-11-38)13-21(22)26-36-25-16-35-29(34-15-18-5-8-23(31)24(32)12-18)37-27(25)39(26)17-19-4-3-9-33-14-19/h5-8,12-13,16,19,33H,1-4,9-11,14-15,17H2,(H,34,35,37)/t19-/m1/s1. The molecule has 4 aromatic rings. The minimum Gasteiger partial charge on any atom is -0.350 e. The second-order valence-electron chi connectivity index (χ2n) is 10.5. The molecule has 11 heteroatoms. The maximum atomic E-state index is 13.7. The first-order chi connectivity index (χ1) is 19.5. The van der Waals surface area contributed by atoms with Gasteiger partial charge >= 0.3 is 0 Å². The molecule has 40 heavy (non-hydrogen) atoms. The first kappa shape index (κ1) is 26.6. The van der Waals surface area contributed by atoms with Crippen LogP contribution in [0.3, 0.4) is 0 Å². The topological polar surface area (TPSA) is 88.0 Å². The highest BCUT2D eigenvalue weighted by molar-refractivity contribution is 6.33. The van der Waals surface area contributed by atoms with Crippen molar-refractivity contribution in [3.63, 3.8) is 0 Å². The number of piperidine rings is 1. The van der Waals surface area contributed by atoms with Gasteiger partial charge in [-0.05, 0) is 80.6 Å². The van der Waals surface area contributed by atoms with Crippen LogP contribution in [-0.4, -0.2) is 56.5 Å². The largest absolute Gasteiger partial charge is 0.350 e. The molecule has 0 aliphatic carbocycles. The molecule has 1 atom stereocenters. The number of likely N-dealkylation sites (tertiary alicyclic amines) is 1. The number of aromatic nitrogens is 4. The Balaban J connectivity index is 1.37. The van der Waals surface area contributed by atoms with Crippen LogP contribution in [0.2, 0.25) is 5.02 Å². The molecule has 6 rings (SSSR count). The van der Waals surface area contributed by atoms with E-state index >= 15 is 0 Å². The van der Waals surface area contributed by atoms with Crippen molar-refractivity contribution in [1.29, 1.82) is 0 Å². The monoisotopic (exact) mass is 565 g/mol. The highest BCUT2D eigenvalue weighted by Gasteiger charge is 2.24. The highest BCUT2D eigenvalue weighted by atomic mass is 35.5. The minimum absolute atomic E-state index is 0.00179. The van der Waals surface area contributed by atoms with Gasteiger partial charge < -0.3 is 20.1 Å². The van der Waals surface area contributed by atoms with E-state index in [-0.39, 0.29) is 12.5 Å². The molecule has 0 saturated carbocycles. The third-order valence-corrected chi connectivity index (χ3v) is 7.94. The normalized spacial score (nSPS) is 17.5. The smallest absolute Gasteiger partial charge is 0.253 e. The summed E-state index contributed by atoms with van der Waals surface area (Å²) in [7, 11) is 0. The van der Waals surface area contributed by atoms with Gasteiger partial charge in [0, 0.05) is 37.3 Å². The molecule has 0 radical (unpaired) electrons. The Morgan fingerprint density at radius 1 is 1.07 bits per heavy atom. The van der Waals surface area contributed by atoms with Crippen molar-refractivity contribution in [3.05, 3.63) is 70.4 Å². The summed E-state index contributed by atoms with van der Waals surface area (Å²) in [6.45, 7) is 4.30. The van der Waals surface area contributed by atoms with Crippen LogP contribution < -0.4 is 10.6 Å². The van der Waals surface area contributed by atoms with Crippen LogP contribution in [-0.2, 0) is 13.1 Å². The number of nitrogens with zero attached hydrogens (tertiary/aromatic N) is 5. The molecule has 2 aromatic heterocycles. The molecule has 0 spiro atoms. The number of amides is 1. The second-order valence-corrected chi connectivity index (χ2v) is 10.9. The Hall–Kier alpha value is -3.63. The average molecular weight is 566 g/mol. The SMILES string of the molecule is O=C(c1ccc(Cl)c(-c2nc3cnc(NCc4ccc(F)c(F)c4)nc3n2C[C@@H]2CCCNC2)c1)N1CCCC1. The molecule has 1 amide bonds. The van der Waals surface area contributed by atoms with Crippen LogP contribution in [0.25, 0.3) is 22.6 Å². The van der Waals surface area contributed by atoms with Crippen molar-refractivity contribution in [2.75, 3.05) is 31.5 Å². The van der Waals surface area contributed by atoms with Crippen LogP contribution in [0.15, 0.2) is 42.6 Å². The fraction of sp³-hybridized carbons (Fsp3) is 0.379. The fourth-order valence-corrected chi connectivity index (χ4v) is 5.69. The summed E-state index contributed by atoms with van der Waals surface area (Å²) < 4.78 is 29.1. The lowest BCUT2D eigenvalue weighted by Gasteiger charge is -2.24. The first-order valence-electron chi connectivity index (χ1n) is 13.7. The van der Waals surface area contributed by atoms with E-state index in [4.69, 9.17) is 21.6 Å². The predicted octanol–water partition coefficient (Wildman–Crippen LogP) is 5.27. The van der Waals surface area contributed by atoms with E-state index in [0.717, 1.165) is 64.0 Å². The number of anilines is 1. The number of benzene rings is 2. The number of carbonyl (C=O) groups is 1. The zero-order chi connectivity index (χ0) is 27.6. The predicted molar refractivity (Wildman–Crippen MR) is 150 cm³/mol. The Labute approximate surface area is 235 Å². The molecule has 4 heterocycles. The first-order valence-corrected chi connectivity index (χ1v) is 14.0. The molecule has 2 aromatic carbocycles. The van der Waals surface area contributed by atoms with Crippen molar-refractivity contribution in [3.8, 4) is 11.4 Å². The molecule has 2 aliphatic heterocycles. The summed E-state index contributed by atoms with van der Waals surface area (Å²) in [6.07, 6.45) is 5.83. The van der Waals surface area contributed by atoms with Crippen molar-refractivity contribution in [2.24, 2.45) is 5.92 Å². The Morgan fingerprint density at radius 3 is 2.70 bits per heavy atom. The number of rotatable bonds is 7. The summed E-state index contributed by atoms with van der Waals surface area (Å²) in [6, 6.07) is 9.12. The second kappa shape index (κ2) is 11.5. The van der Waals surface area contributed by atoms with Crippen molar-refractivity contribution >= 4 is 34.6 Å². The third kappa shape index (κ3) is 5.51. The number of hydrogen-bond donors (Lipinski definition) is 2. The Bertz CT molecular complexity index is 1550. The Kier molecular flexibility index (Phi) is 7.62. The fourth-order valence-electron chi connectivity index (χ4n) is 5.48. The van der Waals surface area contributed by atoms with Gasteiger partial charge in [-0.3, -0.25) is 4.79 Å². The maximum absolute atomic E-state index is 13.7. The molecule has 208 valence electrons. The molecule has 8 nitrogen and oxygen atoms in total. The van der Waals surface area contributed by atoms with Crippen LogP contribution in [0.4, 0.5) is 14.7 Å². The lowest BCUT2D eigenvalue weighted by Crippen LogP contribution is -2.32. The maximum Gasteiger partial charge on any atom is 0.253 e. The summed E-state index contributed by atoms with van der Waals surface area (Å²) in [5.41, 5.74) is 3.06. The molecule has 0 unspecified atom stereocenters. The number of carbonyl (C=O) groups excluding carboxylic acids is 1. The number of imidazole rings is 1. The number of fused-ring (bicyclic) bond motifs is 1. The van der Waals surface area contributed by atoms with E-state index in [0.29, 0.717) is 57.1 Å². The third-order valence-electron chi connectivity index (χ3n) is 7.61. The highest BCUT2D eigenvalue weighted by Crippen LogP contribution is 2.33. The number of nitrogens with one attached hydrogen (secondary N) is 2. The minimum atomic E-state index is -0.901. The van der Waals surface area contributed by atoms with Gasteiger partial charge in [-0.2, -0.15) is 4.98 Å². The van der Waals surface area contributed by atoms with Gasteiger partial charge in [0.1, 0.15) is 11.3 Å². The van der Waals surface area contributed by atoms with Gasteiger partial charge in [-0.1, -0.05) is 17.7 Å². The van der Waals surface area contributed by atoms with Gasteiger partial charge in [0.05, 0.1) is 11.2 Å². The van der Waals surface area contributed by atoms with E-state index in [2.05, 4.69) is 20.2 Å². The number of hydrogen-bond acceptors (Lipinski definition) is 6. The van der Waals surface area contributed by atoms with Crippen molar-refractivity contribution in [2.45, 2.75) is 38.8 Å². The van der Waals surface area contributed by atoms with Gasteiger partial charge in [-0.15, -0.1) is 0 Å². The summed E-state index contributed by atoms with van der Waals surface area (Å²) >= 11 is 6.71. The molecule has 0 bridgehead atoms. The van der Waals surface area contributed by atoms with E-state index in [1.54, 1.807) is 18.3 Å². The zero-order valence-electron chi connectivity index (χ0n) is 22.0. The summed E-state index contributed by atoms with van der Waals surface area (Å²) in [5, 5.41) is 7.07. The van der Waals surface area contributed by atoms with E-state index in [1.807, 2.05) is 11.0 Å². The lowest BCUT2D eigenvalue weighted by atomic mass is 9.99. The van der Waals surface area contributed by atoms with Crippen molar-refractivity contribution in [1.82, 2.24) is 29.7 Å². The quantitative estimate of drug-likeness (QED) is 0.317. The average Bonchev–Trinajstić information content (AvgIpc) is 3.63. The van der Waals surface area contributed by atoms with Crippen LogP contribution in [0, 0.1) is 17.6 Å². The lowest BCUT2D eigenvalue weighted by molar-refractivity contribution is 0.0793. The molecular formula is C29H30ClF2N7O. The number of halogens is 3. The Morgan fingerprint density at radius 2 is 1.93 bits per heavy atom. The van der Waals surface area contributed by atoms with Gasteiger partial charge in [-0.25, -0.2) is 18.7 Å².